The van der Waals surface area contributed by atoms with E-state index in [1.807, 2.05) is 46.2 Å². The van der Waals surface area contributed by atoms with Crippen LogP contribution in [0.1, 0.15) is 47.4 Å². The molecular formula is C32H36N4O6. The molecule has 0 radical (unpaired) electrons. The molecule has 220 valence electrons. The molecule has 2 aromatic carbocycles. The molecule has 4 atom stereocenters. The predicted octanol–water partition coefficient (Wildman–Crippen LogP) is 3.97. The van der Waals surface area contributed by atoms with Crippen LogP contribution in [-0.2, 0) is 41.4 Å². The highest BCUT2D eigenvalue weighted by Gasteiger charge is 2.56. The number of carbonyl (C=O) groups is 2. The Morgan fingerprint density at radius 3 is 1.43 bits per heavy atom. The Balaban J connectivity index is 1.37. The third-order valence-corrected chi connectivity index (χ3v) is 9.46. The van der Waals surface area contributed by atoms with E-state index >= 15 is 0 Å². The molecule has 2 aromatic heterocycles. The van der Waals surface area contributed by atoms with Crippen molar-refractivity contribution < 1.29 is 28.5 Å². The monoisotopic (exact) mass is 572 g/mol. The van der Waals surface area contributed by atoms with Gasteiger partial charge in [-0.1, -0.05) is 36.4 Å². The highest BCUT2D eigenvalue weighted by atomic mass is 16.7. The molecule has 3 aliphatic heterocycles. The number of para-hydroxylation sites is 2. The molecule has 10 heteroatoms. The van der Waals surface area contributed by atoms with Gasteiger partial charge in [-0.05, 0) is 23.3 Å². The first-order chi connectivity index (χ1) is 20.5. The largest absolute Gasteiger partial charge is 0.356 e. The SMILES string of the molecule is COC(C[C@H]1c2[nH]c3ccccc3c2C[C@H]2C(=O)N3[C@@H](Cc4c([nH]c5ccccc45)[C@@H]3CC(OC)OC)C(=O)N21)OC. The summed E-state index contributed by atoms with van der Waals surface area (Å²) in [4.78, 5) is 40.3. The number of fused-ring (bicyclic) bond motifs is 8. The summed E-state index contributed by atoms with van der Waals surface area (Å²) < 4.78 is 22.4. The van der Waals surface area contributed by atoms with Crippen LogP contribution in [-0.4, -0.2) is 84.7 Å². The maximum Gasteiger partial charge on any atom is 0.247 e. The quantitative estimate of drug-likeness (QED) is 0.310. The summed E-state index contributed by atoms with van der Waals surface area (Å²) in [6, 6.07) is 14.0. The van der Waals surface area contributed by atoms with Crippen LogP contribution < -0.4 is 0 Å². The van der Waals surface area contributed by atoms with E-state index in [2.05, 4.69) is 22.1 Å². The number of rotatable bonds is 8. The molecule has 0 unspecified atom stereocenters. The van der Waals surface area contributed by atoms with Crippen LogP contribution in [0.3, 0.4) is 0 Å². The Morgan fingerprint density at radius 1 is 0.667 bits per heavy atom. The molecule has 0 saturated carbocycles. The fraction of sp³-hybridized carbons (Fsp3) is 0.438. The van der Waals surface area contributed by atoms with Crippen LogP contribution >= 0.6 is 0 Å². The minimum atomic E-state index is -0.656. The number of ether oxygens (including phenoxy) is 4. The van der Waals surface area contributed by atoms with E-state index in [1.54, 1.807) is 28.4 Å². The molecule has 2 N–H and O–H groups in total. The lowest BCUT2D eigenvalue weighted by atomic mass is 9.81. The summed E-state index contributed by atoms with van der Waals surface area (Å²) in [7, 11) is 6.38. The van der Waals surface area contributed by atoms with Crippen molar-refractivity contribution in [2.75, 3.05) is 28.4 Å². The van der Waals surface area contributed by atoms with Crippen LogP contribution in [0.5, 0.6) is 0 Å². The summed E-state index contributed by atoms with van der Waals surface area (Å²) in [5.74, 6) is -0.126. The third kappa shape index (κ3) is 4.00. The van der Waals surface area contributed by atoms with Gasteiger partial charge in [0, 0.05) is 87.3 Å². The number of nitrogens with zero attached hydrogens (tertiary/aromatic N) is 2. The summed E-state index contributed by atoms with van der Waals surface area (Å²) in [5, 5.41) is 2.13. The van der Waals surface area contributed by atoms with E-state index in [1.165, 1.54) is 0 Å². The predicted molar refractivity (Wildman–Crippen MR) is 156 cm³/mol. The molecule has 1 fully saturated rings. The lowest BCUT2D eigenvalue weighted by molar-refractivity contribution is -0.178. The molecule has 10 nitrogen and oxygen atoms in total. The number of H-pyrrole nitrogens is 2. The van der Waals surface area contributed by atoms with Gasteiger partial charge >= 0.3 is 0 Å². The number of hydrogen-bond acceptors (Lipinski definition) is 6. The van der Waals surface area contributed by atoms with Crippen molar-refractivity contribution in [3.05, 3.63) is 71.0 Å². The van der Waals surface area contributed by atoms with Crippen LogP contribution in [0.25, 0.3) is 21.8 Å². The standard InChI is InChI=1S/C32H36N4O6/c1-39-27(40-2)15-23-29-19(17-9-5-7-11-21(17)33-29)13-25-32(38)36-24(16-28(41-3)42-4)30-20(14-26(36)31(37)35(23)25)18-10-6-8-12-22(18)34-30/h5-12,23-28,33-34H,13-16H2,1-4H3/t23-,24-,25-,26-/m0/s1. The fourth-order valence-electron chi connectivity index (χ4n) is 7.52. The number of aromatic nitrogens is 2. The van der Waals surface area contributed by atoms with Crippen LogP contribution in [0.4, 0.5) is 0 Å². The molecule has 5 heterocycles. The van der Waals surface area contributed by atoms with Crippen LogP contribution in [0, 0.1) is 0 Å². The van der Waals surface area contributed by atoms with Crippen molar-refractivity contribution in [3.63, 3.8) is 0 Å². The number of carbonyl (C=O) groups excluding carboxylic acids is 2. The Morgan fingerprint density at radius 2 is 1.05 bits per heavy atom. The Kier molecular flexibility index (Phi) is 6.81. The van der Waals surface area contributed by atoms with Gasteiger partial charge in [0.05, 0.1) is 12.1 Å². The zero-order valence-corrected chi connectivity index (χ0v) is 24.3. The number of nitrogens with one attached hydrogen (secondary N) is 2. The van der Waals surface area contributed by atoms with E-state index in [4.69, 9.17) is 18.9 Å². The minimum Gasteiger partial charge on any atom is -0.356 e. The topological polar surface area (TPSA) is 109 Å². The number of piperazine rings is 1. The first-order valence-electron chi connectivity index (χ1n) is 14.4. The number of methoxy groups -OCH3 is 4. The Hall–Kier alpha value is -3.70. The molecule has 0 bridgehead atoms. The van der Waals surface area contributed by atoms with E-state index < -0.39 is 36.7 Å². The maximum atomic E-state index is 14.7. The van der Waals surface area contributed by atoms with Gasteiger partial charge in [0.2, 0.25) is 11.8 Å². The van der Waals surface area contributed by atoms with Crippen molar-refractivity contribution in [2.45, 2.75) is 62.4 Å². The molecular weight excluding hydrogens is 536 g/mol. The summed E-state index contributed by atoms with van der Waals surface area (Å²) in [5.41, 5.74) is 5.99. The second kappa shape index (κ2) is 10.5. The second-order valence-electron chi connectivity index (χ2n) is 11.4. The Labute approximate surface area is 243 Å². The molecule has 0 aliphatic carbocycles. The van der Waals surface area contributed by atoms with Crippen molar-refractivity contribution in [2.24, 2.45) is 0 Å². The number of aromatic amines is 2. The van der Waals surface area contributed by atoms with Gasteiger partial charge in [0.1, 0.15) is 12.1 Å². The summed E-state index contributed by atoms with van der Waals surface area (Å²) >= 11 is 0. The van der Waals surface area contributed by atoms with Gasteiger partial charge in [-0.2, -0.15) is 0 Å². The van der Waals surface area contributed by atoms with E-state index in [9.17, 15) is 9.59 Å². The highest BCUT2D eigenvalue weighted by Crippen LogP contribution is 2.48. The van der Waals surface area contributed by atoms with Crippen LogP contribution in [0.15, 0.2) is 48.5 Å². The summed E-state index contributed by atoms with van der Waals surface area (Å²) in [6.07, 6.45) is 0.560. The molecule has 0 spiro atoms. The number of hydrogen-bond donors (Lipinski definition) is 2. The van der Waals surface area contributed by atoms with E-state index in [-0.39, 0.29) is 11.8 Å². The van der Waals surface area contributed by atoms with Gasteiger partial charge in [-0.3, -0.25) is 9.59 Å². The van der Waals surface area contributed by atoms with E-state index in [0.717, 1.165) is 44.3 Å². The van der Waals surface area contributed by atoms with Gasteiger partial charge in [-0.15, -0.1) is 0 Å². The van der Waals surface area contributed by atoms with Crippen molar-refractivity contribution in [3.8, 4) is 0 Å². The van der Waals surface area contributed by atoms with E-state index in [0.29, 0.717) is 25.7 Å². The molecule has 2 amide bonds. The zero-order valence-electron chi connectivity index (χ0n) is 24.3. The highest BCUT2D eigenvalue weighted by molar-refractivity contribution is 6.00. The van der Waals surface area contributed by atoms with Gasteiger partial charge < -0.3 is 38.7 Å². The first-order valence-corrected chi connectivity index (χ1v) is 14.4. The molecule has 1 saturated heterocycles. The average molecular weight is 573 g/mol. The lowest BCUT2D eigenvalue weighted by Crippen LogP contribution is -2.69. The third-order valence-electron chi connectivity index (χ3n) is 9.46. The zero-order chi connectivity index (χ0) is 29.1. The molecule has 3 aliphatic rings. The number of amides is 2. The number of benzene rings is 2. The molecule has 4 aromatic rings. The molecule has 42 heavy (non-hydrogen) atoms. The molecule has 7 rings (SSSR count). The fourth-order valence-corrected chi connectivity index (χ4v) is 7.52. The lowest BCUT2D eigenvalue weighted by Gasteiger charge is -2.54. The Bertz CT molecular complexity index is 1530. The van der Waals surface area contributed by atoms with Crippen molar-refractivity contribution >= 4 is 33.6 Å². The normalized spacial score (nSPS) is 23.6. The average Bonchev–Trinajstić information content (AvgIpc) is 3.59. The van der Waals surface area contributed by atoms with Crippen LogP contribution in [0.2, 0.25) is 0 Å². The first kappa shape index (κ1) is 27.2. The smallest absolute Gasteiger partial charge is 0.247 e. The summed E-state index contributed by atoms with van der Waals surface area (Å²) in [6.45, 7) is 0. The van der Waals surface area contributed by atoms with Gasteiger partial charge in [0.15, 0.2) is 12.6 Å². The second-order valence-corrected chi connectivity index (χ2v) is 11.4. The maximum absolute atomic E-state index is 14.7. The van der Waals surface area contributed by atoms with Gasteiger partial charge in [0.25, 0.3) is 0 Å². The van der Waals surface area contributed by atoms with Crippen molar-refractivity contribution in [1.82, 2.24) is 19.8 Å². The minimum absolute atomic E-state index is 0.0628. The van der Waals surface area contributed by atoms with Gasteiger partial charge in [-0.25, -0.2) is 0 Å². The van der Waals surface area contributed by atoms with Crippen molar-refractivity contribution in [1.29, 1.82) is 0 Å².